The number of hydrogen-bond acceptors (Lipinski definition) is 3. The van der Waals surface area contributed by atoms with Gasteiger partial charge in [0, 0.05) is 0 Å². The summed E-state index contributed by atoms with van der Waals surface area (Å²) in [5, 5.41) is 11.4. The molecule has 0 aromatic heterocycles. The van der Waals surface area contributed by atoms with E-state index in [1.54, 1.807) is 12.1 Å². The van der Waals surface area contributed by atoms with E-state index in [1.165, 1.54) is 12.1 Å². The highest BCUT2D eigenvalue weighted by molar-refractivity contribution is 5.72. The molecule has 160 valence electrons. The summed E-state index contributed by atoms with van der Waals surface area (Å²) in [6.45, 7) is 5.55. The lowest BCUT2D eigenvalue weighted by atomic mass is 9.76. The Labute approximate surface area is 177 Å². The average Bonchev–Trinajstić information content (AvgIpc) is 3.18. The first kappa shape index (κ1) is 20.9. The zero-order chi connectivity index (χ0) is 21.6. The molecule has 2 aromatic rings. The normalized spacial score (nSPS) is 26.6. The van der Waals surface area contributed by atoms with Crippen molar-refractivity contribution >= 4 is 6.09 Å². The minimum atomic E-state index is -0.971. The lowest BCUT2D eigenvalue weighted by molar-refractivity contribution is -0.0385. The summed E-state index contributed by atoms with van der Waals surface area (Å²) in [5.41, 5.74) is -0.175. The van der Waals surface area contributed by atoms with Crippen molar-refractivity contribution in [3.05, 3.63) is 71.5 Å². The van der Waals surface area contributed by atoms with Crippen LogP contribution in [-0.2, 0) is 11.2 Å². The molecule has 2 bridgehead atoms. The number of halogens is 1. The molecule has 0 spiro atoms. The van der Waals surface area contributed by atoms with Crippen LogP contribution in [0.2, 0.25) is 0 Å². The Morgan fingerprint density at radius 3 is 2.37 bits per heavy atom. The molecular weight excluding hydrogens is 381 g/mol. The quantitative estimate of drug-likeness (QED) is 0.732. The highest BCUT2D eigenvalue weighted by Crippen LogP contribution is 2.59. The van der Waals surface area contributed by atoms with E-state index in [4.69, 9.17) is 4.74 Å². The zero-order valence-corrected chi connectivity index (χ0v) is 17.9. The standard InChI is InChI=1S/C25H30FNO3/c1-23(2,3)30-22(29)27-24(17-18-8-5-4-6-9-18)12-14-25(27,15-13-24)21(28)19-10-7-11-20(26)16-19/h4-11,16,21,28H,12-15,17H2,1-3H3/t21-,24?,25?/m1/s1. The first-order valence-corrected chi connectivity index (χ1v) is 10.7. The van der Waals surface area contributed by atoms with Gasteiger partial charge in [-0.25, -0.2) is 9.18 Å². The van der Waals surface area contributed by atoms with Gasteiger partial charge in [0.15, 0.2) is 0 Å². The van der Waals surface area contributed by atoms with Gasteiger partial charge in [-0.15, -0.1) is 0 Å². The van der Waals surface area contributed by atoms with E-state index in [-0.39, 0.29) is 0 Å². The number of aliphatic hydroxyl groups is 1. The van der Waals surface area contributed by atoms with Crippen molar-refractivity contribution in [2.75, 3.05) is 0 Å². The molecule has 0 saturated carbocycles. The predicted molar refractivity (Wildman–Crippen MR) is 114 cm³/mol. The van der Waals surface area contributed by atoms with E-state index in [0.717, 1.165) is 18.4 Å². The molecule has 0 radical (unpaired) electrons. The molecule has 5 heteroatoms. The van der Waals surface area contributed by atoms with Crippen LogP contribution in [0.5, 0.6) is 0 Å². The van der Waals surface area contributed by atoms with Crippen LogP contribution in [0.3, 0.4) is 0 Å². The van der Waals surface area contributed by atoms with Crippen molar-refractivity contribution in [1.82, 2.24) is 4.90 Å². The second-order valence-corrected chi connectivity index (χ2v) is 9.76. The fraction of sp³-hybridized carbons (Fsp3) is 0.480. The molecular formula is C25H30FNO3. The van der Waals surface area contributed by atoms with E-state index in [2.05, 4.69) is 12.1 Å². The molecule has 2 aliphatic heterocycles. The van der Waals surface area contributed by atoms with E-state index >= 15 is 0 Å². The first-order chi connectivity index (χ1) is 14.2. The maximum Gasteiger partial charge on any atom is 0.411 e. The lowest BCUT2D eigenvalue weighted by Gasteiger charge is -2.42. The molecule has 1 amide bonds. The minimum absolute atomic E-state index is 0.390. The zero-order valence-electron chi connectivity index (χ0n) is 17.9. The first-order valence-electron chi connectivity index (χ1n) is 10.7. The number of carbonyl (C=O) groups is 1. The third-order valence-corrected chi connectivity index (χ3v) is 6.59. The van der Waals surface area contributed by atoms with Crippen LogP contribution < -0.4 is 0 Å². The monoisotopic (exact) mass is 411 g/mol. The summed E-state index contributed by atoms with van der Waals surface area (Å²) in [7, 11) is 0. The fourth-order valence-corrected chi connectivity index (χ4v) is 5.37. The van der Waals surface area contributed by atoms with Gasteiger partial charge < -0.3 is 9.84 Å². The Hall–Kier alpha value is -2.40. The summed E-state index contributed by atoms with van der Waals surface area (Å²) in [6.07, 6.45) is 2.24. The van der Waals surface area contributed by atoms with Crippen LogP contribution in [0.4, 0.5) is 9.18 Å². The van der Waals surface area contributed by atoms with Crippen LogP contribution in [0, 0.1) is 5.82 Å². The minimum Gasteiger partial charge on any atom is -0.444 e. The topological polar surface area (TPSA) is 49.8 Å². The molecule has 0 aliphatic carbocycles. The maximum atomic E-state index is 13.9. The largest absolute Gasteiger partial charge is 0.444 e. The molecule has 2 aliphatic rings. The molecule has 1 N–H and O–H groups in total. The number of rotatable bonds is 4. The van der Waals surface area contributed by atoms with Gasteiger partial charge in [-0.2, -0.15) is 0 Å². The van der Waals surface area contributed by atoms with Crippen LogP contribution >= 0.6 is 0 Å². The molecule has 2 aromatic carbocycles. The van der Waals surface area contributed by atoms with Crippen molar-refractivity contribution in [1.29, 1.82) is 0 Å². The molecule has 1 atom stereocenters. The molecule has 2 heterocycles. The van der Waals surface area contributed by atoms with E-state index in [1.807, 2.05) is 43.9 Å². The second kappa shape index (κ2) is 7.38. The maximum absolute atomic E-state index is 13.9. The van der Waals surface area contributed by atoms with Crippen molar-refractivity contribution in [3.8, 4) is 0 Å². The van der Waals surface area contributed by atoms with E-state index in [9.17, 15) is 14.3 Å². The number of aliphatic hydroxyl groups excluding tert-OH is 1. The van der Waals surface area contributed by atoms with Gasteiger partial charge in [0.25, 0.3) is 0 Å². The summed E-state index contributed by atoms with van der Waals surface area (Å²) < 4.78 is 19.7. The number of hydrogen-bond donors (Lipinski definition) is 1. The number of nitrogens with zero attached hydrogens (tertiary/aromatic N) is 1. The van der Waals surface area contributed by atoms with Crippen molar-refractivity contribution in [2.45, 2.75) is 75.7 Å². The molecule has 2 fully saturated rings. The summed E-state index contributed by atoms with van der Waals surface area (Å²) in [5.74, 6) is -0.390. The number of benzene rings is 2. The van der Waals surface area contributed by atoms with Crippen molar-refractivity contribution < 1.29 is 19.0 Å². The van der Waals surface area contributed by atoms with Gasteiger partial charge in [0.2, 0.25) is 0 Å². The third kappa shape index (κ3) is 3.60. The number of amides is 1. The van der Waals surface area contributed by atoms with E-state index < -0.39 is 34.7 Å². The molecule has 4 rings (SSSR count). The van der Waals surface area contributed by atoms with Crippen LogP contribution in [-0.4, -0.2) is 32.8 Å². The molecule has 4 nitrogen and oxygen atoms in total. The molecule has 0 unspecified atom stereocenters. The Bertz CT molecular complexity index is 913. The van der Waals surface area contributed by atoms with Crippen LogP contribution in [0.15, 0.2) is 54.6 Å². The smallest absolute Gasteiger partial charge is 0.411 e. The Balaban J connectivity index is 1.74. The van der Waals surface area contributed by atoms with Gasteiger partial charge in [-0.1, -0.05) is 42.5 Å². The number of ether oxygens (including phenoxy) is 1. The fourth-order valence-electron chi connectivity index (χ4n) is 5.37. The highest BCUT2D eigenvalue weighted by Gasteiger charge is 2.65. The number of carbonyl (C=O) groups excluding carboxylic acids is 1. The summed E-state index contributed by atoms with van der Waals surface area (Å²) in [6, 6.07) is 16.2. The van der Waals surface area contributed by atoms with Gasteiger partial charge in [-0.05, 0) is 76.1 Å². The summed E-state index contributed by atoms with van der Waals surface area (Å²) >= 11 is 0. The van der Waals surface area contributed by atoms with Crippen LogP contribution in [0.1, 0.15) is 63.7 Å². The lowest BCUT2D eigenvalue weighted by Crippen LogP contribution is -2.55. The predicted octanol–water partition coefficient (Wildman–Crippen LogP) is 5.40. The van der Waals surface area contributed by atoms with Gasteiger partial charge in [0.05, 0.1) is 11.1 Å². The molecule has 30 heavy (non-hydrogen) atoms. The van der Waals surface area contributed by atoms with Crippen molar-refractivity contribution in [3.63, 3.8) is 0 Å². The Morgan fingerprint density at radius 1 is 1.10 bits per heavy atom. The SMILES string of the molecule is CC(C)(C)OC(=O)N1C2(Cc3ccccc3)CCC1([C@H](O)c1cccc(F)c1)CC2. The third-order valence-electron chi connectivity index (χ3n) is 6.59. The molecule has 2 saturated heterocycles. The van der Waals surface area contributed by atoms with Crippen molar-refractivity contribution in [2.24, 2.45) is 0 Å². The van der Waals surface area contributed by atoms with Gasteiger partial charge in [0.1, 0.15) is 17.5 Å². The Kier molecular flexibility index (Phi) is 5.13. The summed E-state index contributed by atoms with van der Waals surface area (Å²) in [4.78, 5) is 15.3. The average molecular weight is 412 g/mol. The number of fused-ring (bicyclic) bond motifs is 2. The highest BCUT2D eigenvalue weighted by atomic mass is 19.1. The van der Waals surface area contributed by atoms with Gasteiger partial charge in [-0.3, -0.25) is 4.90 Å². The second-order valence-electron chi connectivity index (χ2n) is 9.76. The van der Waals surface area contributed by atoms with Crippen LogP contribution in [0.25, 0.3) is 0 Å². The van der Waals surface area contributed by atoms with E-state index in [0.29, 0.717) is 24.8 Å². The van der Waals surface area contributed by atoms with Gasteiger partial charge >= 0.3 is 6.09 Å². The Morgan fingerprint density at radius 2 is 1.77 bits per heavy atom.